The van der Waals surface area contributed by atoms with Crippen LogP contribution in [-0.4, -0.2) is 29.0 Å². The molecule has 146 valence electrons. The number of nitrogens with zero attached hydrogens (tertiary/aromatic N) is 1. The van der Waals surface area contributed by atoms with Crippen LogP contribution < -0.4 is 38.3 Å². The van der Waals surface area contributed by atoms with Crippen LogP contribution in [0.15, 0.2) is 60.7 Å². The Hall–Kier alpha value is -4.48. The molecule has 0 atom stereocenters. The maximum Gasteiger partial charge on any atom is 0.353 e. The fourth-order valence-corrected chi connectivity index (χ4v) is 1.80. The van der Waals surface area contributed by atoms with Crippen LogP contribution in [0.4, 0.5) is 21.0 Å². The van der Waals surface area contributed by atoms with Gasteiger partial charge in [-0.2, -0.15) is 0 Å². The molecule has 6 amide bonds. The van der Waals surface area contributed by atoms with Gasteiger partial charge in [0.1, 0.15) is 0 Å². The van der Waals surface area contributed by atoms with Crippen LogP contribution in [0, 0.1) is 0 Å². The first-order valence-corrected chi connectivity index (χ1v) is 7.85. The van der Waals surface area contributed by atoms with E-state index in [4.69, 9.17) is 5.73 Å². The van der Waals surface area contributed by atoms with Gasteiger partial charge in [-0.15, -0.1) is 5.12 Å². The summed E-state index contributed by atoms with van der Waals surface area (Å²) in [6, 6.07) is 15.3. The molecule has 0 aliphatic rings. The number of benzene rings is 2. The molecule has 0 aromatic heterocycles. The monoisotopic (exact) mass is 386 g/mol. The highest BCUT2D eigenvalue weighted by Crippen LogP contribution is 2.03. The smallest absolute Gasteiger partial charge is 0.353 e. The predicted octanol–water partition coefficient (Wildman–Crippen LogP) is -0.217. The summed E-state index contributed by atoms with van der Waals surface area (Å²) in [7, 11) is 0. The molecule has 0 saturated carbocycles. The second-order valence-corrected chi connectivity index (χ2v) is 5.12. The maximum absolute atomic E-state index is 11.9. The molecule has 0 spiro atoms. The Morgan fingerprint density at radius 2 is 1.07 bits per heavy atom. The number of rotatable bonds is 4. The summed E-state index contributed by atoms with van der Waals surface area (Å²) >= 11 is 0. The topological polar surface area (TPSA) is 170 Å². The number of nitrogens with one attached hydrogen (secondary N) is 6. The van der Waals surface area contributed by atoms with Crippen LogP contribution in [0.1, 0.15) is 0 Å². The van der Waals surface area contributed by atoms with E-state index in [2.05, 4.69) is 21.7 Å². The third-order valence-electron chi connectivity index (χ3n) is 3.03. The van der Waals surface area contributed by atoms with E-state index in [1.165, 1.54) is 0 Å². The third kappa shape index (κ3) is 6.44. The number of carbonyl (C=O) groups excluding carboxylic acids is 4. The van der Waals surface area contributed by atoms with Gasteiger partial charge in [-0.1, -0.05) is 36.4 Å². The van der Waals surface area contributed by atoms with Gasteiger partial charge in [0.25, 0.3) is 0 Å². The van der Waals surface area contributed by atoms with Crippen LogP contribution in [-0.2, 0) is 9.59 Å². The number of primary amides is 1. The van der Waals surface area contributed by atoms with Crippen molar-refractivity contribution in [2.75, 3.05) is 10.9 Å². The van der Waals surface area contributed by atoms with E-state index < -0.39 is 23.9 Å². The molecule has 12 nitrogen and oxygen atoms in total. The zero-order chi connectivity index (χ0) is 20.4. The van der Waals surface area contributed by atoms with Crippen LogP contribution in [0.5, 0.6) is 0 Å². The summed E-state index contributed by atoms with van der Waals surface area (Å²) < 4.78 is 0. The molecular formula is C16H18N8O4. The van der Waals surface area contributed by atoms with Gasteiger partial charge in [0.2, 0.25) is 0 Å². The largest absolute Gasteiger partial charge is 0.361 e. The lowest BCUT2D eigenvalue weighted by atomic mass is 10.3. The van der Waals surface area contributed by atoms with Crippen LogP contribution in [0.3, 0.4) is 0 Å². The molecule has 0 aliphatic heterocycles. The average Bonchev–Trinajstić information content (AvgIpc) is 2.71. The predicted molar refractivity (Wildman–Crippen MR) is 99.5 cm³/mol. The highest BCUT2D eigenvalue weighted by molar-refractivity contribution is 6.34. The molecule has 0 radical (unpaired) electrons. The summed E-state index contributed by atoms with van der Waals surface area (Å²) in [5.74, 6) is -2.77. The molecule has 0 saturated heterocycles. The van der Waals surface area contributed by atoms with Crippen molar-refractivity contribution in [2.45, 2.75) is 0 Å². The quantitative estimate of drug-likeness (QED) is 0.283. The van der Waals surface area contributed by atoms with E-state index in [0.29, 0.717) is 11.4 Å². The van der Waals surface area contributed by atoms with Gasteiger partial charge in [0, 0.05) is 0 Å². The summed E-state index contributed by atoms with van der Waals surface area (Å²) in [4.78, 5) is 46.7. The number of urea groups is 2. The van der Waals surface area contributed by atoms with Gasteiger partial charge in [-0.05, 0) is 24.3 Å². The lowest BCUT2D eigenvalue weighted by Crippen LogP contribution is -2.63. The minimum absolute atomic E-state index is 0.242. The highest BCUT2D eigenvalue weighted by atomic mass is 16.2. The van der Waals surface area contributed by atoms with E-state index in [1.54, 1.807) is 60.7 Å². The molecule has 12 heteroatoms. The number of hydrogen-bond acceptors (Lipinski definition) is 6. The van der Waals surface area contributed by atoms with Crippen LogP contribution >= 0.6 is 0 Å². The molecule has 0 unspecified atom stereocenters. The van der Waals surface area contributed by atoms with E-state index in [1.807, 2.05) is 10.9 Å². The number of para-hydroxylation sites is 2. The Morgan fingerprint density at radius 1 is 0.679 bits per heavy atom. The first kappa shape index (κ1) is 19.8. The number of anilines is 2. The zero-order valence-electron chi connectivity index (χ0n) is 14.4. The Bertz CT molecular complexity index is 774. The second-order valence-electron chi connectivity index (χ2n) is 5.12. The minimum atomic E-state index is -1.40. The second kappa shape index (κ2) is 9.86. The van der Waals surface area contributed by atoms with Gasteiger partial charge in [-0.3, -0.25) is 31.3 Å². The minimum Gasteiger partial charge on any atom is -0.361 e. The Morgan fingerprint density at radius 3 is 1.43 bits per heavy atom. The number of hydrazine groups is 4. The molecule has 0 aliphatic carbocycles. The Kier molecular flexibility index (Phi) is 6.99. The summed E-state index contributed by atoms with van der Waals surface area (Å²) in [6.07, 6.45) is 0. The van der Waals surface area contributed by atoms with Gasteiger partial charge in [0.15, 0.2) is 0 Å². The Balaban J connectivity index is 1.89. The molecule has 2 rings (SSSR count). The average molecular weight is 386 g/mol. The third-order valence-corrected chi connectivity index (χ3v) is 3.03. The van der Waals surface area contributed by atoms with Crippen molar-refractivity contribution < 1.29 is 19.2 Å². The van der Waals surface area contributed by atoms with Crippen molar-refractivity contribution in [3.05, 3.63) is 60.7 Å². The van der Waals surface area contributed by atoms with Crippen molar-refractivity contribution in [3.63, 3.8) is 0 Å². The maximum atomic E-state index is 11.9. The number of amides is 6. The molecule has 0 heterocycles. The lowest BCUT2D eigenvalue weighted by Gasteiger charge is -2.22. The van der Waals surface area contributed by atoms with Crippen LogP contribution in [0.2, 0.25) is 0 Å². The summed E-state index contributed by atoms with van der Waals surface area (Å²) in [6.45, 7) is 0. The van der Waals surface area contributed by atoms with E-state index >= 15 is 0 Å². The normalized spacial score (nSPS) is 9.43. The molecule has 0 bridgehead atoms. The van der Waals surface area contributed by atoms with Gasteiger partial charge >= 0.3 is 23.9 Å². The van der Waals surface area contributed by atoms with E-state index in [-0.39, 0.29) is 5.12 Å². The standard InChI is InChI=1S/C16H18N8O4/c17-13(25)14(26)24(22-15(27)20-18-11-7-3-1-4-8-11)23-16(28)21-19-12-9-5-2-6-10-12/h1-10,18-19H,(H2,17,25)(H2,20,22,27)(H2,21,23,28). The molecule has 0 fully saturated rings. The molecule has 2 aromatic rings. The van der Waals surface area contributed by atoms with Crippen molar-refractivity contribution in [3.8, 4) is 0 Å². The first-order chi connectivity index (χ1) is 13.5. The van der Waals surface area contributed by atoms with Crippen molar-refractivity contribution in [2.24, 2.45) is 5.73 Å². The van der Waals surface area contributed by atoms with Crippen LogP contribution in [0.25, 0.3) is 0 Å². The van der Waals surface area contributed by atoms with Gasteiger partial charge < -0.3 is 5.73 Å². The number of nitrogens with two attached hydrogens (primary N) is 1. The molecule has 2 aromatic carbocycles. The number of hydrogen-bond donors (Lipinski definition) is 7. The zero-order valence-corrected chi connectivity index (χ0v) is 14.4. The van der Waals surface area contributed by atoms with E-state index in [0.717, 1.165) is 0 Å². The molecular weight excluding hydrogens is 368 g/mol. The summed E-state index contributed by atoms with van der Waals surface area (Å²) in [5, 5.41) is 0.242. The molecule has 8 N–H and O–H groups in total. The van der Waals surface area contributed by atoms with Crippen molar-refractivity contribution in [1.29, 1.82) is 0 Å². The van der Waals surface area contributed by atoms with E-state index in [9.17, 15) is 19.2 Å². The summed E-state index contributed by atoms with van der Waals surface area (Å²) in [5.41, 5.74) is 19.5. The highest BCUT2D eigenvalue weighted by Gasteiger charge is 2.23. The fraction of sp³-hybridized carbons (Fsp3) is 0. The first-order valence-electron chi connectivity index (χ1n) is 7.85. The van der Waals surface area contributed by atoms with Crippen molar-refractivity contribution >= 4 is 35.3 Å². The molecule has 28 heavy (non-hydrogen) atoms. The lowest BCUT2D eigenvalue weighted by molar-refractivity contribution is -0.147. The van der Waals surface area contributed by atoms with Gasteiger partial charge in [0.05, 0.1) is 11.4 Å². The Labute approximate surface area is 159 Å². The fourth-order valence-electron chi connectivity index (χ4n) is 1.80. The number of carbonyl (C=O) groups is 4. The SMILES string of the molecule is NC(=O)C(=O)N(NC(=O)NNc1ccccc1)NC(=O)NNc1ccccc1. The van der Waals surface area contributed by atoms with Crippen molar-refractivity contribution in [1.82, 2.24) is 26.8 Å². The van der Waals surface area contributed by atoms with Gasteiger partial charge in [-0.25, -0.2) is 20.4 Å².